The number of carboxylic acids is 1. The van der Waals surface area contributed by atoms with Gasteiger partial charge in [-0.25, -0.2) is 4.79 Å². The minimum absolute atomic E-state index is 0.0495. The molecular weight excluding hydrogens is 272 g/mol. The highest BCUT2D eigenvalue weighted by molar-refractivity contribution is 5.84. The summed E-state index contributed by atoms with van der Waals surface area (Å²) in [7, 11) is 0. The Bertz CT molecular complexity index is 467. The summed E-state index contributed by atoms with van der Waals surface area (Å²) in [4.78, 5) is 10.7. The number of hydrogen-bond donors (Lipinski definition) is 3. The van der Waals surface area contributed by atoms with Crippen LogP contribution in [0.1, 0.15) is 49.5 Å². The van der Waals surface area contributed by atoms with Crippen LogP contribution in [0.5, 0.6) is 0 Å². The van der Waals surface area contributed by atoms with Gasteiger partial charge in [-0.15, -0.1) is 5.10 Å². The summed E-state index contributed by atoms with van der Waals surface area (Å²) in [6.45, 7) is 3.94. The van der Waals surface area contributed by atoms with Gasteiger partial charge in [0.15, 0.2) is 5.69 Å². The number of aromatic carboxylic acids is 1. The van der Waals surface area contributed by atoms with Crippen LogP contribution in [0.25, 0.3) is 0 Å². The Hall–Kier alpha value is -1.47. The number of carboxylic acid groups (broad SMARTS) is 1. The predicted octanol–water partition coefficient (Wildman–Crippen LogP) is 0.897. The molecule has 2 rings (SSSR count). The zero-order chi connectivity index (χ0) is 15.3. The highest BCUT2D eigenvalue weighted by Crippen LogP contribution is 2.33. The van der Waals surface area contributed by atoms with E-state index in [0.717, 1.165) is 31.6 Å². The van der Waals surface area contributed by atoms with Crippen LogP contribution >= 0.6 is 0 Å². The lowest BCUT2D eigenvalue weighted by molar-refractivity contribution is -0.00859. The van der Waals surface area contributed by atoms with E-state index in [-0.39, 0.29) is 5.69 Å². The number of carbonyl (C=O) groups is 1. The molecular formula is C14H24N4O3. The highest BCUT2D eigenvalue weighted by atomic mass is 16.4. The fourth-order valence-electron chi connectivity index (χ4n) is 2.82. The summed E-state index contributed by atoms with van der Waals surface area (Å²) in [6.07, 6.45) is 6.50. The molecule has 1 saturated carbocycles. The predicted molar refractivity (Wildman–Crippen MR) is 77.0 cm³/mol. The van der Waals surface area contributed by atoms with Crippen molar-refractivity contribution in [1.82, 2.24) is 20.3 Å². The van der Waals surface area contributed by atoms with E-state index in [2.05, 4.69) is 22.6 Å². The molecule has 1 aliphatic rings. The molecule has 0 unspecified atom stereocenters. The molecule has 0 bridgehead atoms. The number of hydrogen-bond acceptors (Lipinski definition) is 5. The third-order valence-electron chi connectivity index (χ3n) is 4.34. The second-order valence-electron chi connectivity index (χ2n) is 5.92. The maximum atomic E-state index is 10.7. The number of rotatable bonds is 7. The summed E-state index contributed by atoms with van der Waals surface area (Å²) < 4.78 is 1.49. The second-order valence-corrected chi connectivity index (χ2v) is 5.92. The molecule has 1 aromatic heterocycles. The Kier molecular flexibility index (Phi) is 5.30. The van der Waals surface area contributed by atoms with Crippen molar-refractivity contribution in [3.05, 3.63) is 11.9 Å². The largest absolute Gasteiger partial charge is 0.476 e. The Morgan fingerprint density at radius 2 is 2.24 bits per heavy atom. The topological polar surface area (TPSA) is 100 Å². The first-order valence-electron chi connectivity index (χ1n) is 7.59. The van der Waals surface area contributed by atoms with Crippen LogP contribution in [0.3, 0.4) is 0 Å². The highest BCUT2D eigenvalue weighted by Gasteiger charge is 2.31. The normalized spacial score (nSPS) is 25.9. The minimum atomic E-state index is -1.07. The average Bonchev–Trinajstić information content (AvgIpc) is 2.94. The molecule has 0 atom stereocenters. The van der Waals surface area contributed by atoms with Gasteiger partial charge in [0.25, 0.3) is 0 Å². The Balaban J connectivity index is 1.68. The second kappa shape index (κ2) is 7.00. The van der Waals surface area contributed by atoms with Crippen LogP contribution in [-0.2, 0) is 6.54 Å². The van der Waals surface area contributed by atoms with Gasteiger partial charge >= 0.3 is 5.97 Å². The van der Waals surface area contributed by atoms with Crippen LogP contribution in [0, 0.1) is 5.92 Å². The monoisotopic (exact) mass is 296 g/mol. The van der Waals surface area contributed by atoms with Crippen molar-refractivity contribution in [3.8, 4) is 0 Å². The van der Waals surface area contributed by atoms with Crippen molar-refractivity contribution in [1.29, 1.82) is 0 Å². The van der Waals surface area contributed by atoms with E-state index in [1.807, 2.05) is 0 Å². The first kappa shape index (κ1) is 15.9. The quantitative estimate of drug-likeness (QED) is 0.646. The van der Waals surface area contributed by atoms with Crippen LogP contribution in [0.2, 0.25) is 0 Å². The van der Waals surface area contributed by atoms with E-state index in [1.165, 1.54) is 17.3 Å². The summed E-state index contributed by atoms with van der Waals surface area (Å²) in [6, 6.07) is 0. The first-order valence-corrected chi connectivity index (χ1v) is 7.59. The molecule has 7 nitrogen and oxygen atoms in total. The van der Waals surface area contributed by atoms with Gasteiger partial charge in [0.05, 0.1) is 18.3 Å². The van der Waals surface area contributed by atoms with E-state index in [1.54, 1.807) is 0 Å². The van der Waals surface area contributed by atoms with E-state index in [4.69, 9.17) is 5.11 Å². The van der Waals surface area contributed by atoms with Crippen molar-refractivity contribution in [2.75, 3.05) is 13.1 Å². The Morgan fingerprint density at radius 1 is 1.52 bits per heavy atom. The zero-order valence-corrected chi connectivity index (χ0v) is 12.5. The van der Waals surface area contributed by atoms with Gasteiger partial charge in [0.2, 0.25) is 0 Å². The molecule has 1 aromatic rings. The first-order chi connectivity index (χ1) is 10.0. The fourth-order valence-corrected chi connectivity index (χ4v) is 2.82. The Labute approximate surface area is 124 Å². The van der Waals surface area contributed by atoms with Crippen LogP contribution in [0.15, 0.2) is 6.20 Å². The lowest BCUT2D eigenvalue weighted by atomic mass is 9.78. The molecule has 0 aromatic carbocycles. The average molecular weight is 296 g/mol. The van der Waals surface area contributed by atoms with Crippen molar-refractivity contribution in [2.24, 2.45) is 5.92 Å². The number of nitrogens with one attached hydrogen (secondary N) is 1. The smallest absolute Gasteiger partial charge is 0.358 e. The molecule has 7 heteroatoms. The molecule has 1 aliphatic carbocycles. The van der Waals surface area contributed by atoms with E-state index in [9.17, 15) is 9.90 Å². The summed E-state index contributed by atoms with van der Waals surface area (Å²) in [5, 5.41) is 29.8. The van der Waals surface area contributed by atoms with Crippen molar-refractivity contribution in [2.45, 2.75) is 51.2 Å². The number of aromatic nitrogens is 3. The lowest BCUT2D eigenvalue weighted by Crippen LogP contribution is -2.44. The van der Waals surface area contributed by atoms with Crippen LogP contribution in [0.4, 0.5) is 0 Å². The molecule has 118 valence electrons. The molecule has 1 heterocycles. The molecule has 3 N–H and O–H groups in total. The number of aliphatic hydroxyl groups is 1. The van der Waals surface area contributed by atoms with E-state index in [0.29, 0.717) is 19.6 Å². The Morgan fingerprint density at radius 3 is 2.81 bits per heavy atom. The SMILES string of the molecule is CCC1CCC(O)(CNCCn2cc(C(=O)O)nn2)CC1. The van der Waals surface area contributed by atoms with Gasteiger partial charge in [0, 0.05) is 13.1 Å². The van der Waals surface area contributed by atoms with Gasteiger partial charge in [-0.1, -0.05) is 18.6 Å². The van der Waals surface area contributed by atoms with Crippen molar-refractivity contribution < 1.29 is 15.0 Å². The maximum Gasteiger partial charge on any atom is 0.358 e. The molecule has 0 aliphatic heterocycles. The standard InChI is InChI=1S/C14H24N4O3/c1-2-11-3-5-14(21,6-4-11)10-15-7-8-18-9-12(13(19)20)16-17-18/h9,11,15,21H,2-8,10H2,1H3,(H,19,20). The van der Waals surface area contributed by atoms with Gasteiger partial charge in [-0.2, -0.15) is 0 Å². The molecule has 0 saturated heterocycles. The maximum absolute atomic E-state index is 10.7. The summed E-state index contributed by atoms with van der Waals surface area (Å²) in [5.74, 6) is -0.314. The van der Waals surface area contributed by atoms with E-state index < -0.39 is 11.6 Å². The van der Waals surface area contributed by atoms with Gasteiger partial charge in [-0.3, -0.25) is 4.68 Å². The lowest BCUT2D eigenvalue weighted by Gasteiger charge is -2.36. The third kappa shape index (κ3) is 4.50. The van der Waals surface area contributed by atoms with Crippen LogP contribution in [-0.4, -0.2) is 49.9 Å². The molecule has 0 radical (unpaired) electrons. The fraction of sp³-hybridized carbons (Fsp3) is 0.786. The van der Waals surface area contributed by atoms with E-state index >= 15 is 0 Å². The van der Waals surface area contributed by atoms with Gasteiger partial charge < -0.3 is 15.5 Å². The number of nitrogens with zero attached hydrogens (tertiary/aromatic N) is 3. The van der Waals surface area contributed by atoms with Crippen molar-refractivity contribution >= 4 is 5.97 Å². The van der Waals surface area contributed by atoms with Gasteiger partial charge in [-0.05, 0) is 31.6 Å². The summed E-state index contributed by atoms with van der Waals surface area (Å²) >= 11 is 0. The third-order valence-corrected chi connectivity index (χ3v) is 4.34. The summed E-state index contributed by atoms with van der Waals surface area (Å²) in [5.41, 5.74) is -0.646. The zero-order valence-electron chi connectivity index (χ0n) is 12.5. The molecule has 0 amide bonds. The van der Waals surface area contributed by atoms with Crippen molar-refractivity contribution in [3.63, 3.8) is 0 Å². The molecule has 0 spiro atoms. The molecule has 21 heavy (non-hydrogen) atoms. The molecule has 1 fully saturated rings. The van der Waals surface area contributed by atoms with Crippen LogP contribution < -0.4 is 5.32 Å². The van der Waals surface area contributed by atoms with Gasteiger partial charge in [0.1, 0.15) is 0 Å². The minimum Gasteiger partial charge on any atom is -0.476 e.